The highest BCUT2D eigenvalue weighted by atomic mass is 16.5. The third kappa shape index (κ3) is 37.5. The van der Waals surface area contributed by atoms with E-state index in [1.165, 1.54) is 148 Å². The number of unbranched alkanes of at least 4 members (excludes halogenated alkanes) is 22. The second kappa shape index (κ2) is 36.4. The molecule has 0 rings (SSSR count). The number of ether oxygens (including phenoxy) is 2. The van der Waals surface area contributed by atoms with E-state index in [1.807, 2.05) is 0 Å². The zero-order valence-corrected chi connectivity index (χ0v) is 26.7. The number of hydrogen-bond acceptors (Lipinski definition) is 4. The van der Waals surface area contributed by atoms with Crippen LogP contribution in [0, 0.1) is 0 Å². The van der Waals surface area contributed by atoms with Gasteiger partial charge in [-0.1, -0.05) is 162 Å². The second-order valence-electron chi connectivity index (χ2n) is 11.3. The largest absolute Gasteiger partial charge is 0.465 e. The van der Waals surface area contributed by atoms with E-state index >= 15 is 0 Å². The Balaban J connectivity index is 0. The molecular formula is C34H71NO3. The normalized spacial score (nSPS) is 11.7. The molecule has 0 saturated heterocycles. The molecule has 0 fully saturated rings. The van der Waals surface area contributed by atoms with Gasteiger partial charge in [0, 0.05) is 13.2 Å². The maximum Gasteiger partial charge on any atom is 0.322 e. The molecule has 4 nitrogen and oxygen atoms in total. The SMILES string of the molecule is CCCCCCCCCCCCCCCOC(=O)C(C)N.CCCCCCCCCCOCCCCCC. The van der Waals surface area contributed by atoms with Crippen LogP contribution in [0.15, 0.2) is 0 Å². The van der Waals surface area contributed by atoms with Crippen molar-refractivity contribution in [1.82, 2.24) is 0 Å². The predicted molar refractivity (Wildman–Crippen MR) is 168 cm³/mol. The molecule has 1 atom stereocenters. The molecule has 0 bridgehead atoms. The number of carbonyl (C=O) groups is 1. The summed E-state index contributed by atoms with van der Waals surface area (Å²) in [6.07, 6.45) is 33.6. The van der Waals surface area contributed by atoms with Crippen LogP contribution < -0.4 is 5.73 Å². The first kappa shape index (κ1) is 39.5. The van der Waals surface area contributed by atoms with E-state index in [4.69, 9.17) is 15.2 Å². The summed E-state index contributed by atoms with van der Waals surface area (Å²) in [5.74, 6) is -0.283. The average Bonchev–Trinajstić information content (AvgIpc) is 2.91. The molecule has 0 aliphatic rings. The van der Waals surface area contributed by atoms with Crippen LogP contribution in [0.5, 0.6) is 0 Å². The van der Waals surface area contributed by atoms with E-state index in [9.17, 15) is 4.79 Å². The Morgan fingerprint density at radius 3 is 1.05 bits per heavy atom. The molecule has 0 aromatic carbocycles. The molecular weight excluding hydrogens is 470 g/mol. The van der Waals surface area contributed by atoms with Gasteiger partial charge in [-0.15, -0.1) is 0 Å². The number of nitrogens with two attached hydrogens (primary N) is 1. The topological polar surface area (TPSA) is 61.5 Å². The van der Waals surface area contributed by atoms with Crippen molar-refractivity contribution in [3.05, 3.63) is 0 Å². The summed E-state index contributed by atoms with van der Waals surface area (Å²) < 4.78 is 10.7. The first-order chi connectivity index (χ1) is 18.6. The predicted octanol–water partition coefficient (Wildman–Crippen LogP) is 10.7. The Morgan fingerprint density at radius 2 is 0.737 bits per heavy atom. The van der Waals surface area contributed by atoms with Crippen LogP contribution in [0.4, 0.5) is 0 Å². The average molecular weight is 542 g/mol. The van der Waals surface area contributed by atoms with Gasteiger partial charge in [0.25, 0.3) is 0 Å². The zero-order chi connectivity index (χ0) is 28.4. The van der Waals surface area contributed by atoms with Crippen LogP contribution in [0.25, 0.3) is 0 Å². The van der Waals surface area contributed by atoms with Crippen molar-refractivity contribution in [2.75, 3.05) is 19.8 Å². The molecule has 0 aliphatic heterocycles. The van der Waals surface area contributed by atoms with Crippen molar-refractivity contribution in [2.45, 2.75) is 194 Å². The van der Waals surface area contributed by atoms with Crippen molar-refractivity contribution >= 4 is 5.97 Å². The standard InChI is InChI=1S/C18H37NO2.C16H34O/c1-3-4-5-6-7-8-9-10-11-12-13-14-15-16-21-18(20)17(2)19;1-3-5-7-9-10-11-12-14-16-17-15-13-8-6-4-2/h17H,3-16,19H2,1-2H3;3-16H2,1-2H3. The Hall–Kier alpha value is -0.610. The summed E-state index contributed by atoms with van der Waals surface area (Å²) in [5.41, 5.74) is 5.42. The lowest BCUT2D eigenvalue weighted by molar-refractivity contribution is -0.144. The molecule has 0 heterocycles. The van der Waals surface area contributed by atoms with E-state index in [1.54, 1.807) is 6.92 Å². The maximum absolute atomic E-state index is 11.1. The Labute approximate surface area is 240 Å². The van der Waals surface area contributed by atoms with Gasteiger partial charge in [-0.3, -0.25) is 4.79 Å². The molecule has 4 heteroatoms. The van der Waals surface area contributed by atoms with Crippen LogP contribution in [0.1, 0.15) is 188 Å². The highest BCUT2D eigenvalue weighted by Crippen LogP contribution is 2.12. The number of esters is 1. The molecule has 0 spiro atoms. The lowest BCUT2D eigenvalue weighted by Gasteiger charge is -2.06. The number of carbonyl (C=O) groups excluding carboxylic acids is 1. The third-order valence-corrected chi connectivity index (χ3v) is 7.15. The Kier molecular flexibility index (Phi) is 37.9. The molecule has 230 valence electrons. The highest BCUT2D eigenvalue weighted by molar-refractivity contribution is 5.74. The van der Waals surface area contributed by atoms with Crippen molar-refractivity contribution < 1.29 is 14.3 Å². The minimum absolute atomic E-state index is 0.283. The van der Waals surface area contributed by atoms with Gasteiger partial charge in [-0.05, 0) is 26.2 Å². The van der Waals surface area contributed by atoms with Crippen LogP contribution in [0.2, 0.25) is 0 Å². The van der Waals surface area contributed by atoms with Crippen LogP contribution in [-0.4, -0.2) is 31.8 Å². The van der Waals surface area contributed by atoms with Crippen molar-refractivity contribution in [1.29, 1.82) is 0 Å². The molecule has 38 heavy (non-hydrogen) atoms. The van der Waals surface area contributed by atoms with Gasteiger partial charge in [0.1, 0.15) is 6.04 Å². The van der Waals surface area contributed by atoms with E-state index in [-0.39, 0.29) is 5.97 Å². The Bertz CT molecular complexity index is 414. The minimum Gasteiger partial charge on any atom is -0.465 e. The lowest BCUT2D eigenvalue weighted by Crippen LogP contribution is -2.28. The molecule has 0 radical (unpaired) electrons. The number of hydrogen-bond donors (Lipinski definition) is 1. The monoisotopic (exact) mass is 542 g/mol. The van der Waals surface area contributed by atoms with Gasteiger partial charge < -0.3 is 15.2 Å². The second-order valence-corrected chi connectivity index (χ2v) is 11.3. The first-order valence-electron chi connectivity index (χ1n) is 17.1. The third-order valence-electron chi connectivity index (χ3n) is 7.15. The van der Waals surface area contributed by atoms with Crippen LogP contribution in [0.3, 0.4) is 0 Å². The summed E-state index contributed by atoms with van der Waals surface area (Å²) in [6.45, 7) is 10.9. The zero-order valence-electron chi connectivity index (χ0n) is 26.7. The van der Waals surface area contributed by atoms with Gasteiger partial charge >= 0.3 is 5.97 Å². The quantitative estimate of drug-likeness (QED) is 0.0755. The van der Waals surface area contributed by atoms with Crippen molar-refractivity contribution in [2.24, 2.45) is 5.73 Å². The van der Waals surface area contributed by atoms with Crippen molar-refractivity contribution in [3.8, 4) is 0 Å². The fourth-order valence-electron chi connectivity index (χ4n) is 4.50. The van der Waals surface area contributed by atoms with Gasteiger partial charge in [0.15, 0.2) is 0 Å². The minimum atomic E-state index is -0.494. The van der Waals surface area contributed by atoms with Crippen LogP contribution >= 0.6 is 0 Å². The molecule has 2 N–H and O–H groups in total. The van der Waals surface area contributed by atoms with Gasteiger partial charge in [-0.2, -0.15) is 0 Å². The molecule has 0 saturated carbocycles. The highest BCUT2D eigenvalue weighted by Gasteiger charge is 2.07. The van der Waals surface area contributed by atoms with Gasteiger partial charge in [0.05, 0.1) is 6.61 Å². The van der Waals surface area contributed by atoms with Crippen LogP contribution in [-0.2, 0) is 14.3 Å². The Morgan fingerprint density at radius 1 is 0.474 bits per heavy atom. The smallest absolute Gasteiger partial charge is 0.322 e. The molecule has 0 aromatic heterocycles. The van der Waals surface area contributed by atoms with E-state index in [0.29, 0.717) is 6.61 Å². The summed E-state index contributed by atoms with van der Waals surface area (Å²) in [4.78, 5) is 11.1. The molecule has 0 aliphatic carbocycles. The maximum atomic E-state index is 11.1. The van der Waals surface area contributed by atoms with E-state index in [2.05, 4.69) is 20.8 Å². The molecule has 1 unspecified atom stereocenters. The lowest BCUT2D eigenvalue weighted by atomic mass is 10.0. The van der Waals surface area contributed by atoms with Gasteiger partial charge in [-0.25, -0.2) is 0 Å². The summed E-state index contributed by atoms with van der Waals surface area (Å²) >= 11 is 0. The fraction of sp³-hybridized carbons (Fsp3) is 0.971. The molecule has 0 aromatic rings. The molecule has 0 amide bonds. The van der Waals surface area contributed by atoms with Gasteiger partial charge in [0.2, 0.25) is 0 Å². The van der Waals surface area contributed by atoms with E-state index < -0.39 is 6.04 Å². The van der Waals surface area contributed by atoms with E-state index in [0.717, 1.165) is 26.1 Å². The fourth-order valence-corrected chi connectivity index (χ4v) is 4.50. The van der Waals surface area contributed by atoms with Crippen molar-refractivity contribution in [3.63, 3.8) is 0 Å². The first-order valence-corrected chi connectivity index (χ1v) is 17.1. The summed E-state index contributed by atoms with van der Waals surface area (Å²) in [5, 5.41) is 0. The summed E-state index contributed by atoms with van der Waals surface area (Å²) in [7, 11) is 0. The summed E-state index contributed by atoms with van der Waals surface area (Å²) in [6, 6.07) is -0.494. The number of rotatable bonds is 29.